The number of sulfonamides is 1. The maximum atomic E-state index is 12.6. The van der Waals surface area contributed by atoms with Gasteiger partial charge in [-0.2, -0.15) is 0 Å². The molecule has 7 heteroatoms. The SMILES string of the molecule is Cc1noc(C)c1S(=O)(=O)N(C)CCCOc1ccc(C(C)(C)C)cc1. The van der Waals surface area contributed by atoms with Crippen molar-refractivity contribution in [2.75, 3.05) is 20.2 Å². The quantitative estimate of drug-likeness (QED) is 0.685. The van der Waals surface area contributed by atoms with E-state index in [9.17, 15) is 8.42 Å². The van der Waals surface area contributed by atoms with E-state index in [1.54, 1.807) is 20.9 Å². The zero-order chi connectivity index (χ0) is 19.5. The normalized spacial score (nSPS) is 12.6. The van der Waals surface area contributed by atoms with Crippen LogP contribution in [0.1, 0.15) is 44.2 Å². The van der Waals surface area contributed by atoms with Gasteiger partial charge in [0, 0.05) is 13.6 Å². The summed E-state index contributed by atoms with van der Waals surface area (Å²) >= 11 is 0. The number of aryl methyl sites for hydroxylation is 2. The van der Waals surface area contributed by atoms with Crippen LogP contribution in [0, 0.1) is 13.8 Å². The van der Waals surface area contributed by atoms with Crippen LogP contribution in [0.25, 0.3) is 0 Å². The summed E-state index contributed by atoms with van der Waals surface area (Å²) < 4.78 is 37.2. The minimum absolute atomic E-state index is 0.105. The Bertz CT molecular complexity index is 814. The van der Waals surface area contributed by atoms with E-state index in [0.29, 0.717) is 31.0 Å². The van der Waals surface area contributed by atoms with E-state index in [2.05, 4.69) is 38.1 Å². The molecular weight excluding hydrogens is 352 g/mol. The van der Waals surface area contributed by atoms with Crippen LogP contribution < -0.4 is 4.74 Å². The molecule has 6 nitrogen and oxygen atoms in total. The van der Waals surface area contributed by atoms with E-state index in [4.69, 9.17) is 9.26 Å². The minimum Gasteiger partial charge on any atom is -0.494 e. The number of benzene rings is 1. The van der Waals surface area contributed by atoms with Crippen molar-refractivity contribution >= 4 is 10.0 Å². The largest absolute Gasteiger partial charge is 0.494 e. The Hall–Kier alpha value is -1.86. The lowest BCUT2D eigenvalue weighted by Crippen LogP contribution is -2.29. The van der Waals surface area contributed by atoms with Gasteiger partial charge in [-0.3, -0.25) is 0 Å². The van der Waals surface area contributed by atoms with E-state index in [1.165, 1.54) is 9.87 Å². The average molecular weight is 381 g/mol. The highest BCUT2D eigenvalue weighted by molar-refractivity contribution is 7.89. The molecule has 0 unspecified atom stereocenters. The van der Waals surface area contributed by atoms with Crippen LogP contribution in [0.2, 0.25) is 0 Å². The second-order valence-corrected chi connectivity index (χ2v) is 9.44. The van der Waals surface area contributed by atoms with Gasteiger partial charge < -0.3 is 9.26 Å². The molecule has 0 amide bonds. The van der Waals surface area contributed by atoms with Crippen LogP contribution >= 0.6 is 0 Å². The molecule has 0 spiro atoms. The zero-order valence-electron chi connectivity index (χ0n) is 16.4. The molecule has 0 bridgehead atoms. The Balaban J connectivity index is 1.88. The third-order valence-electron chi connectivity index (χ3n) is 4.24. The summed E-state index contributed by atoms with van der Waals surface area (Å²) in [5.41, 5.74) is 1.73. The molecule has 0 aliphatic carbocycles. The molecule has 1 aromatic carbocycles. The minimum atomic E-state index is -3.60. The topological polar surface area (TPSA) is 72.6 Å². The molecule has 144 valence electrons. The van der Waals surface area contributed by atoms with Gasteiger partial charge in [0.1, 0.15) is 16.3 Å². The van der Waals surface area contributed by atoms with E-state index in [0.717, 1.165) is 5.75 Å². The molecule has 0 N–H and O–H groups in total. The summed E-state index contributed by atoms with van der Waals surface area (Å²) in [6.45, 7) is 10.5. The first-order valence-electron chi connectivity index (χ1n) is 8.66. The van der Waals surface area contributed by atoms with Crippen molar-refractivity contribution in [3.8, 4) is 5.75 Å². The lowest BCUT2D eigenvalue weighted by atomic mass is 9.87. The first-order valence-corrected chi connectivity index (χ1v) is 10.1. The summed E-state index contributed by atoms with van der Waals surface area (Å²) in [6, 6.07) is 8.02. The average Bonchev–Trinajstić information content (AvgIpc) is 2.90. The molecule has 0 aliphatic heterocycles. The van der Waals surface area contributed by atoms with Gasteiger partial charge in [0.25, 0.3) is 0 Å². The number of ether oxygens (including phenoxy) is 1. The van der Waals surface area contributed by atoms with Gasteiger partial charge >= 0.3 is 0 Å². The van der Waals surface area contributed by atoms with Crippen LogP contribution in [-0.2, 0) is 15.4 Å². The summed E-state index contributed by atoms with van der Waals surface area (Å²) in [6.07, 6.45) is 0.583. The number of aromatic nitrogens is 1. The highest BCUT2D eigenvalue weighted by atomic mass is 32.2. The summed E-state index contributed by atoms with van der Waals surface area (Å²) in [4.78, 5) is 0.152. The third kappa shape index (κ3) is 4.65. The Morgan fingerprint density at radius 3 is 2.27 bits per heavy atom. The first-order chi connectivity index (χ1) is 12.0. The van der Waals surface area contributed by atoms with E-state index in [1.807, 2.05) is 12.1 Å². The monoisotopic (exact) mass is 380 g/mol. The fourth-order valence-electron chi connectivity index (χ4n) is 2.65. The second-order valence-electron chi connectivity index (χ2n) is 7.46. The van der Waals surface area contributed by atoms with Crippen LogP contribution in [0.5, 0.6) is 5.75 Å². The molecule has 2 aromatic rings. The standard InChI is InChI=1S/C19H28N2O4S/c1-14-18(15(2)25-20-14)26(22,23)21(6)12-7-13-24-17-10-8-16(9-11-17)19(3,4)5/h8-11H,7,12-13H2,1-6H3. The molecule has 1 heterocycles. The van der Waals surface area contributed by atoms with E-state index in [-0.39, 0.29) is 10.3 Å². The molecule has 0 radical (unpaired) electrons. The van der Waals surface area contributed by atoms with Crippen molar-refractivity contribution < 1.29 is 17.7 Å². The smallest absolute Gasteiger partial charge is 0.248 e. The molecule has 0 fully saturated rings. The Morgan fingerprint density at radius 1 is 1.15 bits per heavy atom. The highest BCUT2D eigenvalue weighted by Crippen LogP contribution is 2.25. The van der Waals surface area contributed by atoms with Crippen molar-refractivity contribution in [2.24, 2.45) is 0 Å². The molecule has 0 saturated carbocycles. The second kappa shape index (κ2) is 7.80. The first kappa shape index (κ1) is 20.5. The van der Waals surface area contributed by atoms with Crippen molar-refractivity contribution in [2.45, 2.75) is 51.3 Å². The number of hydrogen-bond acceptors (Lipinski definition) is 5. The maximum absolute atomic E-state index is 12.6. The fraction of sp³-hybridized carbons (Fsp3) is 0.526. The molecule has 1 aromatic heterocycles. The summed E-state index contributed by atoms with van der Waals surface area (Å²) in [5, 5.41) is 3.72. The lowest BCUT2D eigenvalue weighted by molar-refractivity contribution is 0.296. The van der Waals surface area contributed by atoms with Crippen LogP contribution in [0.4, 0.5) is 0 Å². The number of rotatable bonds is 7. The third-order valence-corrected chi connectivity index (χ3v) is 6.34. The molecule has 0 aliphatic rings. The van der Waals surface area contributed by atoms with Crippen LogP contribution in [-0.4, -0.2) is 38.1 Å². The van der Waals surface area contributed by atoms with Gasteiger partial charge in [0.15, 0.2) is 5.76 Å². The molecule has 26 heavy (non-hydrogen) atoms. The summed E-state index contributed by atoms with van der Waals surface area (Å²) in [5.74, 6) is 1.10. The lowest BCUT2D eigenvalue weighted by Gasteiger charge is -2.19. The van der Waals surface area contributed by atoms with Gasteiger partial charge in [-0.15, -0.1) is 0 Å². The van der Waals surface area contributed by atoms with Crippen molar-refractivity contribution in [3.63, 3.8) is 0 Å². The maximum Gasteiger partial charge on any atom is 0.248 e. The van der Waals surface area contributed by atoms with Gasteiger partial charge in [0.05, 0.1) is 6.61 Å². The van der Waals surface area contributed by atoms with Crippen molar-refractivity contribution in [1.29, 1.82) is 0 Å². The molecular formula is C19H28N2O4S. The van der Waals surface area contributed by atoms with Crippen molar-refractivity contribution in [3.05, 3.63) is 41.3 Å². The predicted molar refractivity (Wildman–Crippen MR) is 101 cm³/mol. The Morgan fingerprint density at radius 2 is 1.77 bits per heavy atom. The van der Waals surface area contributed by atoms with Gasteiger partial charge in [-0.25, -0.2) is 12.7 Å². The molecule has 2 rings (SSSR count). The Kier molecular flexibility index (Phi) is 6.13. The van der Waals surface area contributed by atoms with Gasteiger partial charge in [-0.05, 0) is 43.4 Å². The van der Waals surface area contributed by atoms with Gasteiger partial charge in [-0.1, -0.05) is 38.1 Å². The van der Waals surface area contributed by atoms with Gasteiger partial charge in [0.2, 0.25) is 10.0 Å². The molecule has 0 saturated heterocycles. The fourth-order valence-corrected chi connectivity index (χ4v) is 4.14. The van der Waals surface area contributed by atoms with E-state index < -0.39 is 10.0 Å². The van der Waals surface area contributed by atoms with Crippen LogP contribution in [0.15, 0.2) is 33.7 Å². The molecule has 0 atom stereocenters. The van der Waals surface area contributed by atoms with Crippen molar-refractivity contribution in [1.82, 2.24) is 9.46 Å². The summed E-state index contributed by atoms with van der Waals surface area (Å²) in [7, 11) is -2.05. The van der Waals surface area contributed by atoms with E-state index >= 15 is 0 Å². The zero-order valence-corrected chi connectivity index (χ0v) is 17.2. The highest BCUT2D eigenvalue weighted by Gasteiger charge is 2.28. The van der Waals surface area contributed by atoms with Crippen LogP contribution in [0.3, 0.4) is 0 Å². The predicted octanol–water partition coefficient (Wildman–Crippen LogP) is 3.68. The Labute approximate surface area is 156 Å². The number of nitrogens with zero attached hydrogens (tertiary/aromatic N) is 2. The number of hydrogen-bond donors (Lipinski definition) is 0.